The monoisotopic (exact) mass is 285 g/mol. The van der Waals surface area contributed by atoms with Crippen LogP contribution in [-0.2, 0) is 0 Å². The number of hydrogen-bond donors (Lipinski definition) is 2. The van der Waals surface area contributed by atoms with Crippen LogP contribution in [0.5, 0.6) is 5.75 Å². The van der Waals surface area contributed by atoms with E-state index in [0.717, 1.165) is 0 Å². The molecule has 0 aliphatic rings. The Morgan fingerprint density at radius 3 is 2.81 bits per heavy atom. The van der Waals surface area contributed by atoms with Gasteiger partial charge in [0.25, 0.3) is 0 Å². The van der Waals surface area contributed by atoms with Crippen molar-refractivity contribution in [2.24, 2.45) is 0 Å². The van der Waals surface area contributed by atoms with Crippen molar-refractivity contribution in [1.29, 1.82) is 0 Å². The first-order chi connectivity index (χ1) is 7.63. The summed E-state index contributed by atoms with van der Waals surface area (Å²) in [5, 5.41) is 6.50. The Morgan fingerprint density at radius 1 is 1.50 bits per heavy atom. The average Bonchev–Trinajstić information content (AvgIpc) is 2.63. The first kappa shape index (κ1) is 10.9. The lowest BCUT2D eigenvalue weighted by atomic mass is 10.1. The van der Waals surface area contributed by atoms with E-state index in [-0.39, 0.29) is 5.75 Å². The first-order valence-corrected chi connectivity index (χ1v) is 5.25. The summed E-state index contributed by atoms with van der Waals surface area (Å²) in [5.41, 5.74) is 7.22. The molecule has 1 aromatic carbocycles. The summed E-state index contributed by atoms with van der Waals surface area (Å²) >= 11 is 3.22. The minimum absolute atomic E-state index is 0.138. The molecule has 0 atom stereocenters. The topological polar surface area (TPSA) is 63.9 Å². The fourth-order valence-corrected chi connectivity index (χ4v) is 1.89. The lowest BCUT2D eigenvalue weighted by Crippen LogP contribution is -1.95. The quantitative estimate of drug-likeness (QED) is 0.891. The number of halogens is 2. The molecule has 0 aliphatic heterocycles. The zero-order chi connectivity index (χ0) is 11.7. The van der Waals surface area contributed by atoms with E-state index in [1.807, 2.05) is 0 Å². The van der Waals surface area contributed by atoms with Crippen molar-refractivity contribution < 1.29 is 9.13 Å². The normalized spacial score (nSPS) is 10.4. The molecular weight excluding hydrogens is 277 g/mol. The minimum atomic E-state index is -0.458. The van der Waals surface area contributed by atoms with E-state index in [1.165, 1.54) is 19.4 Å². The first-order valence-electron chi connectivity index (χ1n) is 4.45. The molecule has 16 heavy (non-hydrogen) atoms. The Hall–Kier alpha value is -1.56. The summed E-state index contributed by atoms with van der Waals surface area (Å²) in [4.78, 5) is 0. The SMILES string of the molecule is COc1c(F)cc(Br)cc1-c1[nH]ncc1N. The maximum atomic E-state index is 13.6. The molecule has 0 unspecified atom stereocenters. The van der Waals surface area contributed by atoms with Gasteiger partial charge in [-0.3, -0.25) is 5.10 Å². The van der Waals surface area contributed by atoms with Gasteiger partial charge in [-0.25, -0.2) is 4.39 Å². The summed E-state index contributed by atoms with van der Waals surface area (Å²) in [5.74, 6) is -0.319. The van der Waals surface area contributed by atoms with Crippen LogP contribution in [0.2, 0.25) is 0 Å². The number of ether oxygens (including phenoxy) is 1. The molecule has 1 heterocycles. The molecule has 2 aromatic rings. The average molecular weight is 286 g/mol. The van der Waals surface area contributed by atoms with Gasteiger partial charge in [0, 0.05) is 10.0 Å². The maximum absolute atomic E-state index is 13.6. The number of nitrogen functional groups attached to an aromatic ring is 1. The highest BCUT2D eigenvalue weighted by Gasteiger charge is 2.15. The van der Waals surface area contributed by atoms with Gasteiger partial charge < -0.3 is 10.5 Å². The largest absolute Gasteiger partial charge is 0.493 e. The number of aromatic nitrogens is 2. The molecule has 0 amide bonds. The van der Waals surface area contributed by atoms with E-state index in [4.69, 9.17) is 10.5 Å². The van der Waals surface area contributed by atoms with Gasteiger partial charge in [-0.15, -0.1) is 0 Å². The number of nitrogens with two attached hydrogens (primary N) is 1. The minimum Gasteiger partial charge on any atom is -0.493 e. The predicted molar refractivity (Wildman–Crippen MR) is 62.6 cm³/mol. The molecule has 4 nitrogen and oxygen atoms in total. The Balaban J connectivity index is 2.68. The van der Waals surface area contributed by atoms with Crippen molar-refractivity contribution in [3.8, 4) is 17.0 Å². The number of anilines is 1. The highest BCUT2D eigenvalue weighted by molar-refractivity contribution is 9.10. The van der Waals surface area contributed by atoms with Crippen LogP contribution in [-0.4, -0.2) is 17.3 Å². The van der Waals surface area contributed by atoms with Gasteiger partial charge >= 0.3 is 0 Å². The second kappa shape index (κ2) is 4.13. The molecular formula is C10H9BrFN3O. The molecule has 3 N–H and O–H groups in total. The fourth-order valence-electron chi connectivity index (χ4n) is 1.46. The van der Waals surface area contributed by atoms with E-state index in [2.05, 4.69) is 26.1 Å². The van der Waals surface area contributed by atoms with Gasteiger partial charge in [-0.1, -0.05) is 15.9 Å². The summed E-state index contributed by atoms with van der Waals surface area (Å²) in [6.07, 6.45) is 1.47. The Labute approximate surface area is 99.7 Å². The molecule has 0 spiro atoms. The summed E-state index contributed by atoms with van der Waals surface area (Å²) in [6, 6.07) is 3.04. The van der Waals surface area contributed by atoms with Crippen LogP contribution in [0.3, 0.4) is 0 Å². The third-order valence-electron chi connectivity index (χ3n) is 2.15. The van der Waals surface area contributed by atoms with Crippen LogP contribution in [0.1, 0.15) is 0 Å². The predicted octanol–water partition coefficient (Wildman–Crippen LogP) is 2.57. The molecule has 1 aromatic heterocycles. The molecule has 0 saturated heterocycles. The standard InChI is InChI=1S/C10H9BrFN3O/c1-16-10-6(2-5(11)3-7(10)12)9-8(13)4-14-15-9/h2-4H,13H2,1H3,(H,14,15). The molecule has 0 bridgehead atoms. The number of methoxy groups -OCH3 is 1. The second-order valence-electron chi connectivity index (χ2n) is 3.17. The molecule has 0 saturated carbocycles. The van der Waals surface area contributed by atoms with Crippen LogP contribution < -0.4 is 10.5 Å². The number of benzene rings is 1. The highest BCUT2D eigenvalue weighted by Crippen LogP contribution is 2.36. The van der Waals surface area contributed by atoms with E-state index >= 15 is 0 Å². The number of nitrogens with zero attached hydrogens (tertiary/aromatic N) is 1. The molecule has 6 heteroatoms. The van der Waals surface area contributed by atoms with Gasteiger partial charge in [0.1, 0.15) is 0 Å². The van der Waals surface area contributed by atoms with Gasteiger partial charge in [0.05, 0.1) is 24.7 Å². The summed E-state index contributed by atoms with van der Waals surface area (Å²) < 4.78 is 19.2. The van der Waals surface area contributed by atoms with Crippen LogP contribution in [0.15, 0.2) is 22.8 Å². The van der Waals surface area contributed by atoms with E-state index in [9.17, 15) is 4.39 Å². The Bertz CT molecular complexity index is 527. The number of H-pyrrole nitrogens is 1. The third kappa shape index (κ3) is 1.76. The fraction of sp³-hybridized carbons (Fsp3) is 0.100. The van der Waals surface area contributed by atoms with Crippen LogP contribution >= 0.6 is 15.9 Å². The van der Waals surface area contributed by atoms with Crippen molar-refractivity contribution in [2.75, 3.05) is 12.8 Å². The van der Waals surface area contributed by atoms with Gasteiger partial charge in [-0.2, -0.15) is 5.10 Å². The third-order valence-corrected chi connectivity index (χ3v) is 2.61. The zero-order valence-electron chi connectivity index (χ0n) is 8.42. The number of rotatable bonds is 2. The van der Waals surface area contributed by atoms with Crippen LogP contribution in [0.25, 0.3) is 11.3 Å². The number of hydrogen-bond acceptors (Lipinski definition) is 3. The smallest absolute Gasteiger partial charge is 0.166 e. The van der Waals surface area contributed by atoms with Crippen molar-refractivity contribution in [1.82, 2.24) is 10.2 Å². The molecule has 84 valence electrons. The summed E-state index contributed by atoms with van der Waals surface area (Å²) in [6.45, 7) is 0. The Morgan fingerprint density at radius 2 is 2.25 bits per heavy atom. The zero-order valence-corrected chi connectivity index (χ0v) is 10.0. The summed E-state index contributed by atoms with van der Waals surface area (Å²) in [7, 11) is 1.41. The number of nitrogens with one attached hydrogen (secondary N) is 1. The number of aromatic amines is 1. The van der Waals surface area contributed by atoms with E-state index in [0.29, 0.717) is 21.4 Å². The lowest BCUT2D eigenvalue weighted by molar-refractivity contribution is 0.388. The molecule has 0 radical (unpaired) electrons. The van der Waals surface area contributed by atoms with E-state index in [1.54, 1.807) is 6.07 Å². The molecule has 0 aliphatic carbocycles. The van der Waals surface area contributed by atoms with Crippen LogP contribution in [0, 0.1) is 5.82 Å². The molecule has 0 fully saturated rings. The maximum Gasteiger partial charge on any atom is 0.166 e. The molecule has 2 rings (SSSR count). The van der Waals surface area contributed by atoms with Gasteiger partial charge in [0.2, 0.25) is 0 Å². The van der Waals surface area contributed by atoms with E-state index < -0.39 is 5.82 Å². The van der Waals surface area contributed by atoms with Gasteiger partial charge in [0.15, 0.2) is 11.6 Å². The van der Waals surface area contributed by atoms with Gasteiger partial charge in [-0.05, 0) is 12.1 Å². The van der Waals surface area contributed by atoms with Crippen molar-refractivity contribution in [3.63, 3.8) is 0 Å². The second-order valence-corrected chi connectivity index (χ2v) is 4.08. The lowest BCUT2D eigenvalue weighted by Gasteiger charge is -2.09. The Kier molecular flexibility index (Phi) is 2.82. The van der Waals surface area contributed by atoms with Crippen LogP contribution in [0.4, 0.5) is 10.1 Å². The van der Waals surface area contributed by atoms with Crippen molar-refractivity contribution in [2.45, 2.75) is 0 Å². The van der Waals surface area contributed by atoms with Crippen molar-refractivity contribution in [3.05, 3.63) is 28.6 Å². The van der Waals surface area contributed by atoms with Crippen molar-refractivity contribution >= 4 is 21.6 Å². The highest BCUT2D eigenvalue weighted by atomic mass is 79.9.